The smallest absolute Gasteiger partial charge is 0.131 e. The van der Waals surface area contributed by atoms with E-state index in [0.29, 0.717) is 5.56 Å². The molecule has 0 bridgehead atoms. The van der Waals surface area contributed by atoms with Crippen molar-refractivity contribution in [1.29, 1.82) is 0 Å². The third-order valence-corrected chi connectivity index (χ3v) is 2.28. The molecule has 16 heavy (non-hydrogen) atoms. The molecule has 1 aromatic carbocycles. The average molecular weight is 221 g/mol. The summed E-state index contributed by atoms with van der Waals surface area (Å²) in [4.78, 5) is 0. The summed E-state index contributed by atoms with van der Waals surface area (Å²) in [6.45, 7) is 0. The zero-order valence-corrected chi connectivity index (χ0v) is 8.27. The maximum absolute atomic E-state index is 13.4. The average Bonchev–Trinajstić information content (AvgIpc) is 2.30. The number of nitrogens with zero attached hydrogens (tertiary/aromatic N) is 2. The Labute approximate surface area is 90.9 Å². The first kappa shape index (κ1) is 10.6. The molecule has 0 saturated carbocycles. The van der Waals surface area contributed by atoms with Crippen LogP contribution in [0.3, 0.4) is 0 Å². The van der Waals surface area contributed by atoms with Crippen LogP contribution >= 0.6 is 0 Å². The van der Waals surface area contributed by atoms with Crippen LogP contribution in [0.4, 0.5) is 8.78 Å². The standard InChI is InChI=1S/C11H9F2N3/c12-8-2-1-3-9(13)10(8)11(14)7-4-5-15-16-6-7/h1-6,11H,14H2. The molecule has 0 aliphatic heterocycles. The molecule has 3 nitrogen and oxygen atoms in total. The summed E-state index contributed by atoms with van der Waals surface area (Å²) in [6.07, 6.45) is 2.81. The van der Waals surface area contributed by atoms with Gasteiger partial charge in [-0.05, 0) is 23.8 Å². The Hall–Kier alpha value is -1.88. The van der Waals surface area contributed by atoms with Crippen molar-refractivity contribution < 1.29 is 8.78 Å². The fourth-order valence-corrected chi connectivity index (χ4v) is 1.46. The first-order valence-electron chi connectivity index (χ1n) is 4.66. The molecule has 1 unspecified atom stereocenters. The van der Waals surface area contributed by atoms with E-state index in [4.69, 9.17) is 5.73 Å². The number of halogens is 2. The van der Waals surface area contributed by atoms with Crippen molar-refractivity contribution in [2.45, 2.75) is 6.04 Å². The number of rotatable bonds is 2. The predicted molar refractivity (Wildman–Crippen MR) is 54.4 cm³/mol. The van der Waals surface area contributed by atoms with Gasteiger partial charge in [0.05, 0.1) is 12.2 Å². The SMILES string of the molecule is NC(c1ccnnc1)c1c(F)cccc1F. The van der Waals surface area contributed by atoms with E-state index >= 15 is 0 Å². The summed E-state index contributed by atoms with van der Waals surface area (Å²) >= 11 is 0. The van der Waals surface area contributed by atoms with Crippen LogP contribution in [0.1, 0.15) is 17.2 Å². The van der Waals surface area contributed by atoms with E-state index in [2.05, 4.69) is 10.2 Å². The lowest BCUT2D eigenvalue weighted by Crippen LogP contribution is -2.15. The summed E-state index contributed by atoms with van der Waals surface area (Å²) < 4.78 is 26.9. The molecular formula is C11H9F2N3. The predicted octanol–water partition coefficient (Wildman–Crippen LogP) is 1.80. The van der Waals surface area contributed by atoms with E-state index in [1.54, 1.807) is 6.07 Å². The Morgan fingerprint density at radius 1 is 1.06 bits per heavy atom. The molecule has 2 aromatic rings. The van der Waals surface area contributed by atoms with Crippen LogP contribution < -0.4 is 5.73 Å². The van der Waals surface area contributed by atoms with Gasteiger partial charge in [0.25, 0.3) is 0 Å². The van der Waals surface area contributed by atoms with E-state index in [-0.39, 0.29) is 5.56 Å². The first-order chi connectivity index (χ1) is 7.70. The maximum Gasteiger partial charge on any atom is 0.131 e. The van der Waals surface area contributed by atoms with Crippen molar-refractivity contribution in [2.75, 3.05) is 0 Å². The quantitative estimate of drug-likeness (QED) is 0.841. The molecule has 2 N–H and O–H groups in total. The second-order valence-electron chi connectivity index (χ2n) is 3.29. The van der Waals surface area contributed by atoms with Gasteiger partial charge in [0.2, 0.25) is 0 Å². The molecule has 0 aliphatic carbocycles. The Kier molecular flexibility index (Phi) is 2.87. The van der Waals surface area contributed by atoms with Crippen molar-refractivity contribution in [3.05, 3.63) is 59.4 Å². The highest BCUT2D eigenvalue weighted by Gasteiger charge is 2.18. The molecule has 0 aliphatic rings. The summed E-state index contributed by atoms with van der Waals surface area (Å²) in [7, 11) is 0. The molecule has 0 saturated heterocycles. The Balaban J connectivity index is 2.46. The fourth-order valence-electron chi connectivity index (χ4n) is 1.46. The highest BCUT2D eigenvalue weighted by Crippen LogP contribution is 2.23. The molecule has 1 aromatic heterocycles. The van der Waals surface area contributed by atoms with Crippen LogP contribution in [0.5, 0.6) is 0 Å². The van der Waals surface area contributed by atoms with Gasteiger partial charge in [-0.1, -0.05) is 6.07 Å². The van der Waals surface area contributed by atoms with Crippen molar-refractivity contribution in [3.8, 4) is 0 Å². The number of aromatic nitrogens is 2. The van der Waals surface area contributed by atoms with E-state index < -0.39 is 17.7 Å². The van der Waals surface area contributed by atoms with Gasteiger partial charge in [-0.25, -0.2) is 8.78 Å². The van der Waals surface area contributed by atoms with E-state index in [9.17, 15) is 8.78 Å². The molecule has 0 spiro atoms. The second-order valence-corrected chi connectivity index (χ2v) is 3.29. The molecule has 0 fully saturated rings. The number of hydrogen-bond donors (Lipinski definition) is 1. The molecule has 0 radical (unpaired) electrons. The Morgan fingerprint density at radius 3 is 2.31 bits per heavy atom. The minimum atomic E-state index is -0.878. The number of benzene rings is 1. The van der Waals surface area contributed by atoms with Gasteiger partial charge in [-0.15, -0.1) is 0 Å². The van der Waals surface area contributed by atoms with Crippen LogP contribution in [0, 0.1) is 11.6 Å². The molecular weight excluding hydrogens is 212 g/mol. The van der Waals surface area contributed by atoms with Crippen LogP contribution in [-0.4, -0.2) is 10.2 Å². The molecule has 1 heterocycles. The largest absolute Gasteiger partial charge is 0.320 e. The minimum Gasteiger partial charge on any atom is -0.320 e. The van der Waals surface area contributed by atoms with E-state index in [0.717, 1.165) is 0 Å². The van der Waals surface area contributed by atoms with Crippen LogP contribution in [0.2, 0.25) is 0 Å². The zero-order valence-electron chi connectivity index (χ0n) is 8.27. The molecule has 0 amide bonds. The summed E-state index contributed by atoms with van der Waals surface area (Å²) in [6, 6.07) is 4.34. The van der Waals surface area contributed by atoms with Gasteiger partial charge >= 0.3 is 0 Å². The first-order valence-corrected chi connectivity index (χ1v) is 4.66. The maximum atomic E-state index is 13.4. The van der Waals surface area contributed by atoms with Gasteiger partial charge in [-0.3, -0.25) is 0 Å². The third kappa shape index (κ3) is 1.90. The Bertz CT molecular complexity index is 468. The third-order valence-electron chi connectivity index (χ3n) is 2.28. The van der Waals surface area contributed by atoms with Crippen molar-refractivity contribution >= 4 is 0 Å². The molecule has 1 atom stereocenters. The van der Waals surface area contributed by atoms with Crippen LogP contribution in [-0.2, 0) is 0 Å². The summed E-state index contributed by atoms with van der Waals surface area (Å²) in [5.41, 5.74) is 6.13. The number of hydrogen-bond acceptors (Lipinski definition) is 3. The monoisotopic (exact) mass is 221 g/mol. The highest BCUT2D eigenvalue weighted by atomic mass is 19.1. The second kappa shape index (κ2) is 4.32. The Morgan fingerprint density at radius 2 is 1.75 bits per heavy atom. The lowest BCUT2D eigenvalue weighted by molar-refractivity contribution is 0.543. The summed E-state index contributed by atoms with van der Waals surface area (Å²) in [5.74, 6) is -1.33. The number of nitrogens with two attached hydrogens (primary N) is 1. The summed E-state index contributed by atoms with van der Waals surface area (Å²) in [5, 5.41) is 7.19. The zero-order chi connectivity index (χ0) is 11.5. The molecule has 82 valence electrons. The van der Waals surface area contributed by atoms with Gasteiger partial charge in [0, 0.05) is 11.8 Å². The molecule has 5 heteroatoms. The molecule has 2 rings (SSSR count). The topological polar surface area (TPSA) is 51.8 Å². The normalized spacial score (nSPS) is 12.4. The van der Waals surface area contributed by atoms with Crippen molar-refractivity contribution in [2.24, 2.45) is 5.73 Å². The van der Waals surface area contributed by atoms with Crippen molar-refractivity contribution in [1.82, 2.24) is 10.2 Å². The van der Waals surface area contributed by atoms with Gasteiger partial charge in [0.15, 0.2) is 0 Å². The van der Waals surface area contributed by atoms with Gasteiger partial charge in [0.1, 0.15) is 11.6 Å². The minimum absolute atomic E-state index is 0.157. The van der Waals surface area contributed by atoms with Crippen LogP contribution in [0.25, 0.3) is 0 Å². The lowest BCUT2D eigenvalue weighted by atomic mass is 10.0. The van der Waals surface area contributed by atoms with E-state index in [1.165, 1.54) is 30.6 Å². The highest BCUT2D eigenvalue weighted by molar-refractivity contribution is 5.31. The van der Waals surface area contributed by atoms with Crippen molar-refractivity contribution in [3.63, 3.8) is 0 Å². The van der Waals surface area contributed by atoms with E-state index in [1.807, 2.05) is 0 Å². The lowest BCUT2D eigenvalue weighted by Gasteiger charge is -2.13. The fraction of sp³-hybridized carbons (Fsp3) is 0.0909. The van der Waals surface area contributed by atoms with Crippen LogP contribution in [0.15, 0.2) is 36.7 Å². The van der Waals surface area contributed by atoms with Gasteiger partial charge in [-0.2, -0.15) is 10.2 Å². The van der Waals surface area contributed by atoms with Gasteiger partial charge < -0.3 is 5.73 Å².